The first kappa shape index (κ1) is 17.1. The van der Waals surface area contributed by atoms with Crippen LogP contribution in [0.15, 0.2) is 40.2 Å². The molecule has 0 bridgehead atoms. The molecule has 0 spiro atoms. The summed E-state index contributed by atoms with van der Waals surface area (Å²) in [5, 5.41) is 0. The number of hydrogen-bond donors (Lipinski definition) is 0. The lowest BCUT2D eigenvalue weighted by Crippen LogP contribution is -2.37. The number of para-hydroxylation sites is 2. The van der Waals surface area contributed by atoms with Gasteiger partial charge in [-0.2, -0.15) is 8.78 Å². The zero-order valence-corrected chi connectivity index (χ0v) is 14.8. The van der Waals surface area contributed by atoms with Crippen LogP contribution in [0, 0.1) is 0 Å². The molecule has 0 N–H and O–H groups in total. The van der Waals surface area contributed by atoms with Gasteiger partial charge in [0.05, 0.1) is 23.4 Å². The Morgan fingerprint density at radius 3 is 2.48 bits per heavy atom. The Hall–Kier alpha value is -3.30. The highest BCUT2D eigenvalue weighted by Crippen LogP contribution is 2.29. The van der Waals surface area contributed by atoms with Gasteiger partial charge >= 0.3 is 12.2 Å². The van der Waals surface area contributed by atoms with Gasteiger partial charge in [0.25, 0.3) is 5.56 Å². The van der Waals surface area contributed by atoms with E-state index in [1.54, 1.807) is 31.2 Å². The molecule has 0 aliphatic rings. The lowest BCUT2D eigenvalue weighted by molar-refractivity contribution is 0.0700. The van der Waals surface area contributed by atoms with Crippen LogP contribution in [0.4, 0.5) is 8.78 Å². The van der Waals surface area contributed by atoms with Gasteiger partial charge in [-0.1, -0.05) is 12.1 Å². The first-order valence-electron chi connectivity index (χ1n) is 8.20. The lowest BCUT2D eigenvalue weighted by atomic mass is 10.3. The zero-order valence-electron chi connectivity index (χ0n) is 14.8. The van der Waals surface area contributed by atoms with Crippen molar-refractivity contribution >= 4 is 22.2 Å². The second kappa shape index (κ2) is 5.86. The van der Waals surface area contributed by atoms with Crippen molar-refractivity contribution in [3.8, 4) is 0 Å². The van der Waals surface area contributed by atoms with Gasteiger partial charge in [-0.3, -0.25) is 18.5 Å². The van der Waals surface area contributed by atoms with E-state index >= 15 is 0 Å². The van der Waals surface area contributed by atoms with E-state index in [1.165, 1.54) is 29.6 Å². The molecular weight excluding hydrogens is 358 g/mol. The van der Waals surface area contributed by atoms with Gasteiger partial charge in [-0.15, -0.1) is 0 Å². The minimum absolute atomic E-state index is 0.0985. The molecule has 4 rings (SSSR count). The first-order valence-corrected chi connectivity index (χ1v) is 8.20. The van der Waals surface area contributed by atoms with E-state index in [0.29, 0.717) is 11.0 Å². The molecule has 1 aromatic carbocycles. The molecule has 1 atom stereocenters. The maximum atomic E-state index is 13.8. The number of benzene rings is 1. The molecular formula is C17H16F2N6O2. The zero-order chi connectivity index (χ0) is 19.5. The normalized spacial score (nSPS) is 13.1. The number of rotatable bonds is 3. The predicted molar refractivity (Wildman–Crippen MR) is 95.0 cm³/mol. The standard InChI is InChI=1S/C17H16F2N6O2/c1-9(13-21-10-6-4-5-7-11(10)25(13)16(18)19)24-8-20-14-12(24)15(26)23(3)17(27)22(14)2/h4-9,16H,1-3H3/t9-/m1/s1. The molecule has 0 unspecified atom stereocenters. The predicted octanol–water partition coefficient (Wildman–Crippen LogP) is 1.79. The monoisotopic (exact) mass is 374 g/mol. The summed E-state index contributed by atoms with van der Waals surface area (Å²) in [6, 6.07) is 5.90. The van der Waals surface area contributed by atoms with Gasteiger partial charge in [0, 0.05) is 14.1 Å². The number of fused-ring (bicyclic) bond motifs is 2. The van der Waals surface area contributed by atoms with Crippen LogP contribution in [0.3, 0.4) is 0 Å². The third-order valence-electron chi connectivity index (χ3n) is 4.78. The minimum Gasteiger partial charge on any atom is -0.314 e. The van der Waals surface area contributed by atoms with Crippen LogP contribution in [-0.4, -0.2) is 28.2 Å². The van der Waals surface area contributed by atoms with Crippen LogP contribution in [-0.2, 0) is 14.1 Å². The van der Waals surface area contributed by atoms with Crippen molar-refractivity contribution < 1.29 is 8.78 Å². The molecule has 4 aromatic rings. The SMILES string of the molecule is C[C@H](c1nc2ccccc2n1C(F)F)n1cnc2c1c(=O)n(C)c(=O)n2C. The number of aromatic nitrogens is 6. The number of alkyl halides is 2. The van der Waals surface area contributed by atoms with Crippen molar-refractivity contribution in [2.24, 2.45) is 14.1 Å². The number of imidazole rings is 2. The van der Waals surface area contributed by atoms with Gasteiger partial charge in [-0.25, -0.2) is 14.8 Å². The Balaban J connectivity index is 2.01. The fourth-order valence-electron chi connectivity index (χ4n) is 3.35. The highest BCUT2D eigenvalue weighted by molar-refractivity contribution is 5.76. The Morgan fingerprint density at radius 2 is 1.78 bits per heavy atom. The summed E-state index contributed by atoms with van der Waals surface area (Å²) < 4.78 is 32.0. The van der Waals surface area contributed by atoms with Crippen LogP contribution in [0.5, 0.6) is 0 Å². The molecule has 0 saturated carbocycles. The van der Waals surface area contributed by atoms with E-state index in [4.69, 9.17) is 0 Å². The third-order valence-corrected chi connectivity index (χ3v) is 4.78. The molecule has 140 valence electrons. The van der Waals surface area contributed by atoms with Crippen LogP contribution < -0.4 is 11.2 Å². The number of aryl methyl sites for hydroxylation is 1. The number of nitrogens with zero attached hydrogens (tertiary/aromatic N) is 6. The minimum atomic E-state index is -2.79. The van der Waals surface area contributed by atoms with Crippen LogP contribution in [0.2, 0.25) is 0 Å². The molecule has 3 heterocycles. The Kier molecular flexibility index (Phi) is 3.72. The highest BCUT2D eigenvalue weighted by Gasteiger charge is 2.25. The fourth-order valence-corrected chi connectivity index (χ4v) is 3.35. The van der Waals surface area contributed by atoms with Gasteiger partial charge in [0.1, 0.15) is 5.82 Å². The van der Waals surface area contributed by atoms with E-state index in [2.05, 4.69) is 9.97 Å². The summed E-state index contributed by atoms with van der Waals surface area (Å²) in [6.45, 7) is -1.14. The summed E-state index contributed by atoms with van der Waals surface area (Å²) in [4.78, 5) is 33.2. The third kappa shape index (κ3) is 2.32. The van der Waals surface area contributed by atoms with E-state index < -0.39 is 23.8 Å². The Morgan fingerprint density at radius 1 is 1.07 bits per heavy atom. The van der Waals surface area contributed by atoms with E-state index in [-0.39, 0.29) is 17.0 Å². The molecule has 10 heteroatoms. The van der Waals surface area contributed by atoms with E-state index in [0.717, 1.165) is 9.13 Å². The van der Waals surface area contributed by atoms with Crippen molar-refractivity contribution in [1.82, 2.24) is 28.2 Å². The van der Waals surface area contributed by atoms with Crippen molar-refractivity contribution in [1.29, 1.82) is 0 Å². The van der Waals surface area contributed by atoms with Crippen molar-refractivity contribution in [2.45, 2.75) is 19.5 Å². The second-order valence-corrected chi connectivity index (χ2v) is 6.31. The first-order chi connectivity index (χ1) is 12.8. The molecule has 0 aliphatic carbocycles. The highest BCUT2D eigenvalue weighted by atomic mass is 19.3. The smallest absolute Gasteiger partial charge is 0.314 e. The van der Waals surface area contributed by atoms with Crippen molar-refractivity contribution in [2.75, 3.05) is 0 Å². The maximum Gasteiger partial charge on any atom is 0.332 e. The topological polar surface area (TPSA) is 79.6 Å². The second-order valence-electron chi connectivity index (χ2n) is 6.31. The summed E-state index contributed by atoms with van der Waals surface area (Å²) in [5.41, 5.74) is 0.0282. The number of hydrogen-bond acceptors (Lipinski definition) is 4. The summed E-state index contributed by atoms with van der Waals surface area (Å²) in [6.07, 6.45) is 1.37. The summed E-state index contributed by atoms with van der Waals surface area (Å²) in [7, 11) is 2.86. The van der Waals surface area contributed by atoms with E-state index in [9.17, 15) is 18.4 Å². The summed E-state index contributed by atoms with van der Waals surface area (Å²) >= 11 is 0. The fraction of sp³-hybridized carbons (Fsp3) is 0.294. The van der Waals surface area contributed by atoms with Crippen molar-refractivity contribution in [3.05, 3.63) is 57.3 Å². The van der Waals surface area contributed by atoms with Crippen molar-refractivity contribution in [3.63, 3.8) is 0 Å². The lowest BCUT2D eigenvalue weighted by Gasteiger charge is -2.16. The molecule has 0 amide bonds. The molecule has 0 fully saturated rings. The van der Waals surface area contributed by atoms with Crippen LogP contribution >= 0.6 is 0 Å². The van der Waals surface area contributed by atoms with Crippen LogP contribution in [0.25, 0.3) is 22.2 Å². The van der Waals surface area contributed by atoms with Gasteiger partial charge in [0.2, 0.25) is 0 Å². The Labute approximate surface area is 150 Å². The van der Waals surface area contributed by atoms with Crippen LogP contribution in [0.1, 0.15) is 25.3 Å². The average Bonchev–Trinajstić information content (AvgIpc) is 3.26. The van der Waals surface area contributed by atoms with E-state index in [1.807, 2.05) is 0 Å². The molecule has 0 saturated heterocycles. The molecule has 3 aromatic heterocycles. The molecule has 0 radical (unpaired) electrons. The Bertz CT molecular complexity index is 1300. The molecule has 0 aliphatic heterocycles. The quantitative estimate of drug-likeness (QED) is 0.548. The van der Waals surface area contributed by atoms with Gasteiger partial charge in [-0.05, 0) is 19.1 Å². The van der Waals surface area contributed by atoms with Gasteiger partial charge < -0.3 is 4.57 Å². The molecule has 8 nitrogen and oxygen atoms in total. The maximum absolute atomic E-state index is 13.8. The average molecular weight is 374 g/mol. The van der Waals surface area contributed by atoms with Gasteiger partial charge in [0.15, 0.2) is 11.2 Å². The number of halogens is 2. The molecule has 27 heavy (non-hydrogen) atoms. The largest absolute Gasteiger partial charge is 0.332 e. The summed E-state index contributed by atoms with van der Waals surface area (Å²) in [5.74, 6) is 0.0985.